The van der Waals surface area contributed by atoms with Crippen molar-refractivity contribution in [3.63, 3.8) is 0 Å². The molecule has 0 bridgehead atoms. The average Bonchev–Trinajstić information content (AvgIpc) is 3.25. The van der Waals surface area contributed by atoms with Crippen LogP contribution in [0.2, 0.25) is 10.0 Å². The summed E-state index contributed by atoms with van der Waals surface area (Å²) in [5, 5.41) is 34.1. The van der Waals surface area contributed by atoms with Crippen molar-refractivity contribution in [2.24, 2.45) is 0 Å². The quantitative estimate of drug-likeness (QED) is 0.233. The van der Waals surface area contributed by atoms with Crippen molar-refractivity contribution in [3.8, 4) is 35.0 Å². The van der Waals surface area contributed by atoms with Crippen molar-refractivity contribution in [2.75, 3.05) is 0 Å². The molecule has 0 aliphatic heterocycles. The largest absolute Gasteiger partial charge is 0.306 e. The van der Waals surface area contributed by atoms with E-state index in [1.807, 2.05) is 47.0 Å². The van der Waals surface area contributed by atoms with E-state index in [2.05, 4.69) is 36.4 Å². The number of hydrogen-bond donors (Lipinski definition) is 0. The van der Waals surface area contributed by atoms with Crippen LogP contribution in [0.4, 0.5) is 0 Å². The van der Waals surface area contributed by atoms with E-state index in [1.54, 1.807) is 24.3 Å². The summed E-state index contributed by atoms with van der Waals surface area (Å²) in [4.78, 5) is 0. The Morgan fingerprint density at radius 3 is 1.81 bits per heavy atom. The molecule has 0 amide bonds. The van der Waals surface area contributed by atoms with E-state index in [-0.39, 0.29) is 21.2 Å². The fraction of sp³-hybridized carbons (Fsp3) is 0. The first-order valence-electron chi connectivity index (χ1n) is 11.4. The maximum absolute atomic E-state index is 10.2. The second kappa shape index (κ2) is 8.70. The van der Waals surface area contributed by atoms with Gasteiger partial charge in [-0.1, -0.05) is 77.8 Å². The number of fused-ring (bicyclic) bond motifs is 4. The summed E-state index contributed by atoms with van der Waals surface area (Å²) in [6.07, 6.45) is 0. The van der Waals surface area contributed by atoms with E-state index in [0.717, 1.165) is 32.6 Å². The van der Waals surface area contributed by atoms with Crippen molar-refractivity contribution >= 4 is 55.8 Å². The second-order valence-electron chi connectivity index (χ2n) is 8.58. The third-order valence-corrected chi connectivity index (χ3v) is 7.38. The molecule has 0 unspecified atom stereocenters. The van der Waals surface area contributed by atoms with Crippen LogP contribution in [0.5, 0.6) is 0 Å². The summed E-state index contributed by atoms with van der Waals surface area (Å²) < 4.78 is 1.94. The smallest absolute Gasteiger partial charge is 0.101 e. The monoisotopic (exact) mass is 512 g/mol. The molecular formula is C31H14Cl2N4. The molecule has 0 spiro atoms. The standard InChI is InChI=1S/C31H14Cl2N4/c32-29-24(16-35)28(19-11-9-18(15-34)10-12-19)25(17-36)30(33)31(29)37-26-8-4-3-7-22(26)23-13-20-5-1-2-6-21(20)14-27(23)37/h1-14H. The maximum atomic E-state index is 10.2. The molecular weight excluding hydrogens is 499 g/mol. The first kappa shape index (κ1) is 22.7. The molecule has 0 aliphatic rings. The highest BCUT2D eigenvalue weighted by molar-refractivity contribution is 6.40. The van der Waals surface area contributed by atoms with Crippen LogP contribution in [0.25, 0.3) is 49.4 Å². The van der Waals surface area contributed by atoms with Crippen molar-refractivity contribution < 1.29 is 0 Å². The first-order chi connectivity index (χ1) is 18.1. The highest BCUT2D eigenvalue weighted by Crippen LogP contribution is 2.45. The van der Waals surface area contributed by atoms with Gasteiger partial charge in [0.2, 0.25) is 0 Å². The van der Waals surface area contributed by atoms with Crippen LogP contribution in [0.15, 0.2) is 84.9 Å². The number of hydrogen-bond acceptors (Lipinski definition) is 3. The minimum Gasteiger partial charge on any atom is -0.306 e. The zero-order valence-corrected chi connectivity index (χ0v) is 20.6. The molecule has 6 heteroatoms. The normalized spacial score (nSPS) is 10.9. The van der Waals surface area contributed by atoms with Gasteiger partial charge in [0.05, 0.1) is 49.5 Å². The van der Waals surface area contributed by atoms with Crippen molar-refractivity contribution in [1.29, 1.82) is 15.8 Å². The summed E-state index contributed by atoms with van der Waals surface area (Å²) in [6.45, 7) is 0. The summed E-state index contributed by atoms with van der Waals surface area (Å²) in [7, 11) is 0. The van der Waals surface area contributed by atoms with Gasteiger partial charge in [-0.3, -0.25) is 0 Å². The lowest BCUT2D eigenvalue weighted by molar-refractivity contribution is 1.17. The van der Waals surface area contributed by atoms with E-state index in [0.29, 0.717) is 22.4 Å². The summed E-state index contributed by atoms with van der Waals surface area (Å²) in [6, 6.07) is 33.3. The van der Waals surface area contributed by atoms with Gasteiger partial charge in [0.15, 0.2) is 0 Å². The molecule has 0 aliphatic carbocycles. The molecule has 0 N–H and O–H groups in total. The van der Waals surface area contributed by atoms with E-state index in [4.69, 9.17) is 23.2 Å². The average molecular weight is 513 g/mol. The Balaban J connectivity index is 1.77. The van der Waals surface area contributed by atoms with Crippen molar-refractivity contribution in [1.82, 2.24) is 4.57 Å². The lowest BCUT2D eigenvalue weighted by atomic mass is 9.93. The Bertz CT molecular complexity index is 1990. The highest BCUT2D eigenvalue weighted by atomic mass is 35.5. The van der Waals surface area contributed by atoms with E-state index in [9.17, 15) is 15.8 Å². The number of aromatic nitrogens is 1. The number of rotatable bonds is 2. The van der Waals surface area contributed by atoms with Crippen LogP contribution in [0, 0.1) is 34.0 Å². The number of benzene rings is 5. The molecule has 1 heterocycles. The molecule has 0 fully saturated rings. The summed E-state index contributed by atoms with van der Waals surface area (Å²) in [5.74, 6) is 0. The van der Waals surface area contributed by atoms with Crippen LogP contribution in [0.1, 0.15) is 16.7 Å². The molecule has 4 nitrogen and oxygen atoms in total. The van der Waals surface area contributed by atoms with Gasteiger partial charge < -0.3 is 4.57 Å². The van der Waals surface area contributed by atoms with E-state index >= 15 is 0 Å². The van der Waals surface area contributed by atoms with Gasteiger partial charge in [0.25, 0.3) is 0 Å². The number of halogens is 2. The Kier molecular flexibility index (Phi) is 5.33. The van der Waals surface area contributed by atoms with Crippen molar-refractivity contribution in [3.05, 3.63) is 112 Å². The van der Waals surface area contributed by atoms with Crippen molar-refractivity contribution in [2.45, 2.75) is 0 Å². The van der Waals surface area contributed by atoms with Crippen LogP contribution in [-0.4, -0.2) is 4.57 Å². The highest BCUT2D eigenvalue weighted by Gasteiger charge is 2.26. The molecule has 1 aromatic heterocycles. The number of nitriles is 3. The Morgan fingerprint density at radius 2 is 1.19 bits per heavy atom. The molecule has 6 aromatic rings. The molecule has 0 atom stereocenters. The van der Waals surface area contributed by atoms with Gasteiger partial charge in [-0.2, -0.15) is 15.8 Å². The fourth-order valence-electron chi connectivity index (χ4n) is 4.98. The topological polar surface area (TPSA) is 76.3 Å². The SMILES string of the molecule is N#Cc1ccc(-c2c(C#N)c(Cl)c(-n3c4ccccc4c4cc5ccccc5cc43)c(Cl)c2C#N)cc1. The number of nitrogens with zero attached hydrogens (tertiary/aromatic N) is 4. The lowest BCUT2D eigenvalue weighted by Gasteiger charge is -2.18. The Labute approximate surface area is 222 Å². The van der Waals surface area contributed by atoms with Crippen LogP contribution in [-0.2, 0) is 0 Å². The van der Waals surface area contributed by atoms with E-state index in [1.165, 1.54) is 0 Å². The lowest BCUT2D eigenvalue weighted by Crippen LogP contribution is -2.03. The molecule has 0 saturated heterocycles. The molecule has 172 valence electrons. The molecule has 0 saturated carbocycles. The zero-order chi connectivity index (χ0) is 25.7. The zero-order valence-electron chi connectivity index (χ0n) is 19.1. The second-order valence-corrected chi connectivity index (χ2v) is 9.34. The third-order valence-electron chi connectivity index (χ3n) is 6.64. The molecule has 0 radical (unpaired) electrons. The van der Waals surface area contributed by atoms with Gasteiger partial charge >= 0.3 is 0 Å². The maximum Gasteiger partial charge on any atom is 0.101 e. The number of para-hydroxylation sites is 1. The van der Waals surface area contributed by atoms with Gasteiger partial charge in [0, 0.05) is 16.3 Å². The predicted octanol–water partition coefficient (Wildman–Crippen LogP) is 8.53. The van der Waals surface area contributed by atoms with E-state index < -0.39 is 0 Å². The van der Waals surface area contributed by atoms with Gasteiger partial charge in [-0.05, 0) is 46.7 Å². The van der Waals surface area contributed by atoms with Gasteiger partial charge in [0.1, 0.15) is 12.1 Å². The Morgan fingerprint density at radius 1 is 0.595 bits per heavy atom. The minimum atomic E-state index is 0.147. The predicted molar refractivity (Wildman–Crippen MR) is 148 cm³/mol. The van der Waals surface area contributed by atoms with Crippen LogP contribution in [0.3, 0.4) is 0 Å². The summed E-state index contributed by atoms with van der Waals surface area (Å²) in [5.41, 5.74) is 3.79. The van der Waals surface area contributed by atoms with Crippen LogP contribution >= 0.6 is 23.2 Å². The first-order valence-corrected chi connectivity index (χ1v) is 12.1. The fourth-order valence-corrected chi connectivity index (χ4v) is 5.66. The minimum absolute atomic E-state index is 0.147. The molecule has 37 heavy (non-hydrogen) atoms. The van der Waals surface area contributed by atoms with Gasteiger partial charge in [-0.25, -0.2) is 0 Å². The van der Waals surface area contributed by atoms with Gasteiger partial charge in [-0.15, -0.1) is 0 Å². The third kappa shape index (κ3) is 3.35. The molecule has 5 aromatic carbocycles. The van der Waals surface area contributed by atoms with Crippen LogP contribution < -0.4 is 0 Å². The molecule has 6 rings (SSSR count). The summed E-state index contributed by atoms with van der Waals surface area (Å²) >= 11 is 14.0. The Hall–Kier alpha value is -4.79.